The molecule has 2 aromatic rings. The molecule has 2 N–H and O–H groups in total. The summed E-state index contributed by atoms with van der Waals surface area (Å²) in [6.45, 7) is 8.02. The van der Waals surface area contributed by atoms with Crippen LogP contribution in [0.1, 0.15) is 38.8 Å². The molecule has 2 aromatic carbocycles. The van der Waals surface area contributed by atoms with E-state index in [0.29, 0.717) is 11.4 Å². The predicted molar refractivity (Wildman–Crippen MR) is 103 cm³/mol. The topological polar surface area (TPSA) is 47.7 Å². The number of nitrogens with one attached hydrogen (secondary N) is 2. The fourth-order valence-electron chi connectivity index (χ4n) is 2.58. The van der Waals surface area contributed by atoms with Gasteiger partial charge in [0.15, 0.2) is 0 Å². The summed E-state index contributed by atoms with van der Waals surface area (Å²) in [4.78, 5) is 0. The summed E-state index contributed by atoms with van der Waals surface area (Å²) in [7, 11) is 0. The molecule has 0 amide bonds. The van der Waals surface area contributed by atoms with Crippen LogP contribution in [0.5, 0.6) is 0 Å². The van der Waals surface area contributed by atoms with E-state index in [4.69, 9.17) is 10.8 Å². The molecule has 0 fully saturated rings. The van der Waals surface area contributed by atoms with Gasteiger partial charge in [-0.15, -0.1) is 0 Å². The lowest BCUT2D eigenvalue weighted by molar-refractivity contribution is 1.24. The molecule has 0 aliphatic rings. The number of benzene rings is 2. The van der Waals surface area contributed by atoms with Gasteiger partial charge in [0.2, 0.25) is 0 Å². The van der Waals surface area contributed by atoms with Crippen LogP contribution >= 0.6 is 0 Å². The lowest BCUT2D eigenvalue weighted by Gasteiger charge is -2.14. The molecule has 0 saturated heterocycles. The summed E-state index contributed by atoms with van der Waals surface area (Å²) < 4.78 is 0. The molecule has 0 aromatic heterocycles. The molecule has 0 unspecified atom stereocenters. The van der Waals surface area contributed by atoms with Crippen molar-refractivity contribution in [3.05, 3.63) is 94.1 Å². The van der Waals surface area contributed by atoms with Gasteiger partial charge in [-0.25, -0.2) is 0 Å². The number of hydrogen-bond acceptors (Lipinski definition) is 2. The number of hydrogen-bond donors (Lipinski definition) is 2. The van der Waals surface area contributed by atoms with Gasteiger partial charge in [0.1, 0.15) is 0 Å². The van der Waals surface area contributed by atoms with Gasteiger partial charge in [-0.2, -0.15) is 0 Å². The average Bonchev–Trinajstić information content (AvgIpc) is 2.65. The van der Waals surface area contributed by atoms with E-state index in [1.165, 1.54) is 0 Å². The Morgan fingerprint density at radius 1 is 0.500 bits per heavy atom. The first-order chi connectivity index (χ1) is 11.4. The predicted octanol–water partition coefficient (Wildman–Crippen LogP) is 5.80. The van der Waals surface area contributed by atoms with Gasteiger partial charge in [-0.3, -0.25) is 10.8 Å². The Kier molecular flexibility index (Phi) is 5.64. The molecule has 0 aliphatic carbocycles. The summed E-state index contributed by atoms with van der Waals surface area (Å²) in [5, 5.41) is 16.9. The van der Waals surface area contributed by atoms with Gasteiger partial charge in [0.25, 0.3) is 0 Å². The molecule has 0 radical (unpaired) electrons. The largest absolute Gasteiger partial charge is 0.300 e. The monoisotopic (exact) mass is 316 g/mol. The highest BCUT2D eigenvalue weighted by atomic mass is 14.4. The molecule has 0 saturated carbocycles. The zero-order valence-corrected chi connectivity index (χ0v) is 14.8. The molecule has 0 bridgehead atoms. The SMILES string of the molecule is C/C(C(=N)c1ccccc1)=C(C)\C(C)=C(/C)C(=N)c1ccccc1. The number of rotatable bonds is 5. The van der Waals surface area contributed by atoms with Crippen LogP contribution in [0, 0.1) is 10.8 Å². The standard InChI is InChI=1S/C22H24N2/c1-15(17(3)21(23)19-11-7-5-8-12-19)16(2)18(4)22(24)20-13-9-6-10-14-20/h5-14,23-24H,1-4H3/b17-15+,18-16+,23-21?,24-22?. The van der Waals surface area contributed by atoms with E-state index in [2.05, 4.69) is 0 Å². The maximum absolute atomic E-state index is 8.44. The van der Waals surface area contributed by atoms with Crippen molar-refractivity contribution in [2.45, 2.75) is 27.7 Å². The Morgan fingerprint density at radius 2 is 0.792 bits per heavy atom. The normalized spacial score (nSPS) is 13.0. The Labute approximate surface area is 144 Å². The van der Waals surface area contributed by atoms with E-state index in [1.54, 1.807) is 0 Å². The summed E-state index contributed by atoms with van der Waals surface area (Å²) in [5.74, 6) is 0. The smallest absolute Gasteiger partial charge is 0.0644 e. The second-order valence-electron chi connectivity index (χ2n) is 5.98. The van der Waals surface area contributed by atoms with Crippen LogP contribution in [0.25, 0.3) is 0 Å². The van der Waals surface area contributed by atoms with Crippen LogP contribution in [0.4, 0.5) is 0 Å². The van der Waals surface area contributed by atoms with Crippen molar-refractivity contribution in [1.82, 2.24) is 0 Å². The van der Waals surface area contributed by atoms with Crippen LogP contribution in [-0.2, 0) is 0 Å². The van der Waals surface area contributed by atoms with E-state index in [-0.39, 0.29) is 0 Å². The Balaban J connectivity index is 2.37. The van der Waals surface area contributed by atoms with E-state index in [0.717, 1.165) is 33.4 Å². The van der Waals surface area contributed by atoms with E-state index >= 15 is 0 Å². The minimum Gasteiger partial charge on any atom is -0.300 e. The minimum absolute atomic E-state index is 0.534. The van der Waals surface area contributed by atoms with Crippen LogP contribution in [0.3, 0.4) is 0 Å². The first-order valence-electron chi connectivity index (χ1n) is 8.07. The van der Waals surface area contributed by atoms with E-state index < -0.39 is 0 Å². The van der Waals surface area contributed by atoms with Crippen molar-refractivity contribution in [2.75, 3.05) is 0 Å². The van der Waals surface area contributed by atoms with Gasteiger partial charge in [-0.05, 0) is 61.1 Å². The van der Waals surface area contributed by atoms with Crippen molar-refractivity contribution in [2.24, 2.45) is 0 Å². The zero-order valence-electron chi connectivity index (χ0n) is 14.8. The summed E-state index contributed by atoms with van der Waals surface area (Å²) >= 11 is 0. The summed E-state index contributed by atoms with van der Waals surface area (Å²) in [5.41, 5.74) is 6.90. The lowest BCUT2D eigenvalue weighted by atomic mass is 9.91. The lowest BCUT2D eigenvalue weighted by Crippen LogP contribution is -2.07. The van der Waals surface area contributed by atoms with E-state index in [9.17, 15) is 0 Å². The van der Waals surface area contributed by atoms with Gasteiger partial charge in [0, 0.05) is 0 Å². The molecular formula is C22H24N2. The second-order valence-corrected chi connectivity index (χ2v) is 5.98. The molecule has 0 heterocycles. The number of allylic oxidation sites excluding steroid dienone is 4. The van der Waals surface area contributed by atoms with Crippen molar-refractivity contribution in [3.63, 3.8) is 0 Å². The van der Waals surface area contributed by atoms with Gasteiger partial charge < -0.3 is 0 Å². The molecule has 0 spiro atoms. The molecule has 2 nitrogen and oxygen atoms in total. The van der Waals surface area contributed by atoms with Gasteiger partial charge in [-0.1, -0.05) is 60.7 Å². The van der Waals surface area contributed by atoms with Crippen LogP contribution < -0.4 is 0 Å². The minimum atomic E-state index is 0.534. The highest BCUT2D eigenvalue weighted by molar-refractivity contribution is 6.13. The Morgan fingerprint density at radius 3 is 1.08 bits per heavy atom. The Hall–Kier alpha value is -2.74. The maximum Gasteiger partial charge on any atom is 0.0644 e. The van der Waals surface area contributed by atoms with Crippen LogP contribution in [0.15, 0.2) is 83.0 Å². The van der Waals surface area contributed by atoms with Crippen molar-refractivity contribution < 1.29 is 0 Å². The maximum atomic E-state index is 8.44. The van der Waals surface area contributed by atoms with Crippen molar-refractivity contribution in [1.29, 1.82) is 10.8 Å². The molecule has 0 aliphatic heterocycles. The first kappa shape index (κ1) is 17.6. The van der Waals surface area contributed by atoms with Crippen LogP contribution in [-0.4, -0.2) is 11.4 Å². The molecular weight excluding hydrogens is 292 g/mol. The summed E-state index contributed by atoms with van der Waals surface area (Å²) in [6, 6.07) is 19.5. The van der Waals surface area contributed by atoms with Crippen LogP contribution in [0.2, 0.25) is 0 Å². The highest BCUT2D eigenvalue weighted by Crippen LogP contribution is 2.22. The van der Waals surface area contributed by atoms with Gasteiger partial charge >= 0.3 is 0 Å². The molecule has 2 rings (SSSR count). The Bertz CT molecular complexity index is 738. The average molecular weight is 316 g/mol. The third-order valence-corrected chi connectivity index (χ3v) is 4.56. The first-order valence-corrected chi connectivity index (χ1v) is 8.07. The van der Waals surface area contributed by atoms with Gasteiger partial charge in [0.05, 0.1) is 11.4 Å². The molecule has 0 atom stereocenters. The fourth-order valence-corrected chi connectivity index (χ4v) is 2.58. The quantitative estimate of drug-likeness (QED) is 0.518. The van der Waals surface area contributed by atoms with E-state index in [1.807, 2.05) is 88.4 Å². The van der Waals surface area contributed by atoms with Crippen molar-refractivity contribution >= 4 is 11.4 Å². The third-order valence-electron chi connectivity index (χ3n) is 4.56. The van der Waals surface area contributed by atoms with Crippen molar-refractivity contribution in [3.8, 4) is 0 Å². The fraction of sp³-hybridized carbons (Fsp3) is 0.182. The highest BCUT2D eigenvalue weighted by Gasteiger charge is 2.12. The second kappa shape index (κ2) is 7.69. The molecule has 24 heavy (non-hydrogen) atoms. The zero-order chi connectivity index (χ0) is 17.7. The molecule has 2 heteroatoms. The molecule has 122 valence electrons. The summed E-state index contributed by atoms with van der Waals surface area (Å²) in [6.07, 6.45) is 0. The third kappa shape index (κ3) is 3.77.